The molecule has 2 aromatic rings. The van der Waals surface area contributed by atoms with E-state index in [1.807, 2.05) is 0 Å². The van der Waals surface area contributed by atoms with Crippen LogP contribution in [0, 0.1) is 0 Å². The molecule has 2 rings (SSSR count). The van der Waals surface area contributed by atoms with Crippen LogP contribution in [-0.4, -0.2) is 28.3 Å². The number of ketones is 1. The SMILES string of the molecule is O=C(c1cccc(C(F)(F)F)c1)c1cc(C(F)(C(F)(F)F)C(F)(F)F)[nH]n1. The number of alkyl halides is 10. The molecule has 0 saturated heterocycles. The second-order valence-electron chi connectivity index (χ2n) is 5.23. The molecule has 1 aromatic carbocycles. The minimum Gasteiger partial charge on any atom is -0.287 e. The highest BCUT2D eigenvalue weighted by molar-refractivity contribution is 6.07. The fourth-order valence-corrected chi connectivity index (χ4v) is 2.07. The van der Waals surface area contributed by atoms with Crippen molar-refractivity contribution in [3.63, 3.8) is 0 Å². The van der Waals surface area contributed by atoms with Crippen molar-refractivity contribution in [1.29, 1.82) is 0 Å². The fraction of sp³-hybridized carbons (Fsp3) is 0.286. The molecule has 13 heteroatoms. The molecule has 0 saturated carbocycles. The number of aromatic amines is 1. The van der Waals surface area contributed by atoms with Gasteiger partial charge in [0.25, 0.3) is 0 Å². The summed E-state index contributed by atoms with van der Waals surface area (Å²) in [6.07, 6.45) is -17.7. The van der Waals surface area contributed by atoms with E-state index in [1.54, 1.807) is 0 Å². The van der Waals surface area contributed by atoms with Crippen molar-refractivity contribution in [2.45, 2.75) is 24.2 Å². The van der Waals surface area contributed by atoms with Gasteiger partial charge in [-0.3, -0.25) is 9.89 Å². The first-order valence-corrected chi connectivity index (χ1v) is 6.69. The monoisotopic (exact) mass is 408 g/mol. The van der Waals surface area contributed by atoms with Gasteiger partial charge in [0.2, 0.25) is 5.78 Å². The first kappa shape index (κ1) is 20.7. The van der Waals surface area contributed by atoms with Gasteiger partial charge in [-0.1, -0.05) is 12.1 Å². The Morgan fingerprint density at radius 3 is 1.89 bits per heavy atom. The van der Waals surface area contributed by atoms with Crippen LogP contribution in [0.15, 0.2) is 30.3 Å². The van der Waals surface area contributed by atoms with Crippen LogP contribution in [0.5, 0.6) is 0 Å². The number of halogens is 10. The van der Waals surface area contributed by atoms with Crippen molar-refractivity contribution < 1.29 is 48.7 Å². The largest absolute Gasteiger partial charge is 0.437 e. The fourth-order valence-electron chi connectivity index (χ4n) is 2.07. The summed E-state index contributed by atoms with van der Waals surface area (Å²) in [5.74, 6) is -1.43. The maximum atomic E-state index is 13.9. The van der Waals surface area contributed by atoms with Crippen LogP contribution in [0.2, 0.25) is 0 Å². The molecule has 0 bridgehead atoms. The number of H-pyrrole nitrogens is 1. The maximum absolute atomic E-state index is 13.9. The van der Waals surface area contributed by atoms with Crippen molar-refractivity contribution >= 4 is 5.78 Å². The first-order valence-electron chi connectivity index (χ1n) is 6.69. The lowest BCUT2D eigenvalue weighted by atomic mass is 9.99. The molecule has 0 fully saturated rings. The molecular formula is C14H6F10N2O. The van der Waals surface area contributed by atoms with Crippen molar-refractivity contribution in [2.24, 2.45) is 0 Å². The van der Waals surface area contributed by atoms with Crippen molar-refractivity contribution in [2.75, 3.05) is 0 Å². The lowest BCUT2D eigenvalue weighted by Gasteiger charge is -2.28. The molecule has 0 spiro atoms. The zero-order valence-corrected chi connectivity index (χ0v) is 12.5. The number of hydrogen-bond donors (Lipinski definition) is 1. The zero-order chi connectivity index (χ0) is 20.8. The number of aromatic nitrogens is 2. The van der Waals surface area contributed by atoms with Crippen LogP contribution in [0.4, 0.5) is 43.9 Å². The predicted molar refractivity (Wildman–Crippen MR) is 68.4 cm³/mol. The summed E-state index contributed by atoms with van der Waals surface area (Å²) in [5.41, 5.74) is -11.1. The minimum atomic E-state index is -6.44. The van der Waals surface area contributed by atoms with E-state index in [4.69, 9.17) is 0 Å². The van der Waals surface area contributed by atoms with Crippen LogP contribution < -0.4 is 0 Å². The summed E-state index contributed by atoms with van der Waals surface area (Å²) >= 11 is 0. The van der Waals surface area contributed by atoms with Gasteiger partial charge in [-0.25, -0.2) is 4.39 Å². The van der Waals surface area contributed by atoms with E-state index in [9.17, 15) is 48.7 Å². The Balaban J connectivity index is 2.47. The highest BCUT2D eigenvalue weighted by Crippen LogP contribution is 2.52. The van der Waals surface area contributed by atoms with Gasteiger partial charge < -0.3 is 0 Å². The third-order valence-electron chi connectivity index (χ3n) is 3.41. The topological polar surface area (TPSA) is 45.8 Å². The zero-order valence-electron chi connectivity index (χ0n) is 12.5. The van der Waals surface area contributed by atoms with E-state index in [0.717, 1.165) is 17.2 Å². The third kappa shape index (κ3) is 3.62. The normalized spacial score (nSPS) is 13.7. The second-order valence-corrected chi connectivity index (χ2v) is 5.23. The summed E-state index contributed by atoms with van der Waals surface area (Å²) in [7, 11) is 0. The lowest BCUT2D eigenvalue weighted by molar-refractivity contribution is -0.350. The molecule has 3 nitrogen and oxygen atoms in total. The van der Waals surface area contributed by atoms with E-state index < -0.39 is 52.5 Å². The van der Waals surface area contributed by atoms with Crippen molar-refractivity contribution in [1.82, 2.24) is 10.2 Å². The van der Waals surface area contributed by atoms with E-state index >= 15 is 0 Å². The van der Waals surface area contributed by atoms with Gasteiger partial charge in [-0.2, -0.15) is 44.6 Å². The molecule has 0 atom stereocenters. The molecule has 0 aliphatic carbocycles. The molecule has 0 unspecified atom stereocenters. The smallest absolute Gasteiger partial charge is 0.287 e. The van der Waals surface area contributed by atoms with Gasteiger partial charge in [0.1, 0.15) is 5.69 Å². The van der Waals surface area contributed by atoms with Gasteiger partial charge in [0.05, 0.1) is 11.3 Å². The average Bonchev–Trinajstić information content (AvgIpc) is 3.00. The Labute approximate surface area is 143 Å². The molecule has 0 aliphatic rings. The van der Waals surface area contributed by atoms with Crippen LogP contribution >= 0.6 is 0 Å². The quantitative estimate of drug-likeness (QED) is 0.577. The Bertz CT molecular complexity index is 833. The third-order valence-corrected chi connectivity index (χ3v) is 3.41. The number of benzene rings is 1. The van der Waals surface area contributed by atoms with E-state index in [2.05, 4.69) is 5.10 Å². The second kappa shape index (κ2) is 6.23. The van der Waals surface area contributed by atoms with Crippen LogP contribution in [0.3, 0.4) is 0 Å². The molecule has 0 amide bonds. The number of hydrogen-bond acceptors (Lipinski definition) is 2. The summed E-state index contributed by atoms with van der Waals surface area (Å²) in [6, 6.07) is 2.40. The Kier molecular flexibility index (Phi) is 4.78. The average molecular weight is 408 g/mol. The van der Waals surface area contributed by atoms with Crippen molar-refractivity contribution in [3.8, 4) is 0 Å². The highest BCUT2D eigenvalue weighted by Gasteiger charge is 2.74. The Hall–Kier alpha value is -2.60. The summed E-state index contributed by atoms with van der Waals surface area (Å²) in [4.78, 5) is 12.0. The molecule has 0 aliphatic heterocycles. The van der Waals surface area contributed by atoms with Gasteiger partial charge in [0.15, 0.2) is 0 Å². The number of carbonyl (C=O) groups is 1. The summed E-state index contributed by atoms with van der Waals surface area (Å²) in [5, 5.41) is 4.03. The molecule has 148 valence electrons. The number of rotatable bonds is 3. The van der Waals surface area contributed by atoms with Crippen LogP contribution in [0.1, 0.15) is 27.3 Å². The van der Waals surface area contributed by atoms with Crippen molar-refractivity contribution in [3.05, 3.63) is 52.8 Å². The number of nitrogens with one attached hydrogen (secondary N) is 1. The molecular weight excluding hydrogens is 402 g/mol. The molecule has 1 N–H and O–H groups in total. The Morgan fingerprint density at radius 2 is 1.41 bits per heavy atom. The van der Waals surface area contributed by atoms with Gasteiger partial charge >= 0.3 is 24.2 Å². The Morgan fingerprint density at radius 1 is 0.852 bits per heavy atom. The first-order chi connectivity index (χ1) is 12.1. The lowest BCUT2D eigenvalue weighted by Crippen LogP contribution is -2.50. The molecule has 1 heterocycles. The number of carbonyl (C=O) groups excluding carboxylic acids is 1. The van der Waals surface area contributed by atoms with Crippen LogP contribution in [0.25, 0.3) is 0 Å². The van der Waals surface area contributed by atoms with Gasteiger partial charge in [0, 0.05) is 5.56 Å². The standard InChI is InChI=1S/C14H6F10N2O/c15-11(13(19,20)21,14(22,23)24)9-5-8(25-26-9)10(27)6-2-1-3-7(4-6)12(16,17)18/h1-5H,(H,25,26). The number of nitrogens with zero attached hydrogens (tertiary/aromatic N) is 1. The summed E-state index contributed by atoms with van der Waals surface area (Å²) < 4.78 is 128. The van der Waals surface area contributed by atoms with E-state index in [1.165, 1.54) is 0 Å². The van der Waals surface area contributed by atoms with E-state index in [0.29, 0.717) is 12.1 Å². The predicted octanol–water partition coefficient (Wildman–Crippen LogP) is 4.95. The molecule has 0 radical (unpaired) electrons. The van der Waals surface area contributed by atoms with Gasteiger partial charge in [-0.15, -0.1) is 0 Å². The van der Waals surface area contributed by atoms with Gasteiger partial charge in [-0.05, 0) is 18.2 Å². The van der Waals surface area contributed by atoms with Crippen LogP contribution in [-0.2, 0) is 11.8 Å². The molecule has 1 aromatic heterocycles. The van der Waals surface area contributed by atoms with E-state index in [-0.39, 0.29) is 6.07 Å². The summed E-state index contributed by atoms with van der Waals surface area (Å²) in [6.45, 7) is 0. The highest BCUT2D eigenvalue weighted by atomic mass is 19.4. The minimum absolute atomic E-state index is 0.149. The molecule has 27 heavy (non-hydrogen) atoms. The maximum Gasteiger partial charge on any atom is 0.437 e.